The molecule has 3 rings (SSSR count). The molecule has 0 saturated carbocycles. The molecule has 1 aliphatic heterocycles. The van der Waals surface area contributed by atoms with Gasteiger partial charge in [0.05, 0.1) is 11.3 Å². The molecule has 0 unspecified atom stereocenters. The number of nitrogens with two attached hydrogens (primary N) is 3. The minimum Gasteiger partial charge on any atom is -0.406 e. The fourth-order valence-electron chi connectivity index (χ4n) is 3.36. The lowest BCUT2D eigenvalue weighted by atomic mass is 9.88. The summed E-state index contributed by atoms with van der Waals surface area (Å²) in [5.74, 6) is -0.373. The number of nitrogens with zero attached hydrogens (tertiary/aromatic N) is 2. The van der Waals surface area contributed by atoms with Gasteiger partial charge in [0.15, 0.2) is 0 Å². The van der Waals surface area contributed by atoms with Crippen molar-refractivity contribution in [2.45, 2.75) is 25.1 Å². The van der Waals surface area contributed by atoms with E-state index in [1.807, 2.05) is 6.07 Å². The van der Waals surface area contributed by atoms with Crippen molar-refractivity contribution in [1.29, 1.82) is 0 Å². The van der Waals surface area contributed by atoms with Crippen molar-refractivity contribution in [3.8, 4) is 5.75 Å². The minimum absolute atomic E-state index is 0.0694. The summed E-state index contributed by atoms with van der Waals surface area (Å²) in [6.45, 7) is 0.927. The van der Waals surface area contributed by atoms with Crippen LogP contribution in [-0.2, 0) is 0 Å². The van der Waals surface area contributed by atoms with E-state index in [1.54, 1.807) is 11.1 Å². The Kier molecular flexibility index (Phi) is 5.21. The highest BCUT2D eigenvalue weighted by molar-refractivity contribution is 5.99. The van der Waals surface area contributed by atoms with Gasteiger partial charge in [-0.05, 0) is 42.5 Å². The number of hydrogen-bond donors (Lipinski definition) is 3. The molecule has 1 aromatic heterocycles. The number of aromatic nitrogens is 1. The number of anilines is 3. The van der Waals surface area contributed by atoms with E-state index in [2.05, 4.69) is 9.72 Å². The largest absolute Gasteiger partial charge is 0.573 e. The van der Waals surface area contributed by atoms with Crippen molar-refractivity contribution in [2.24, 2.45) is 0 Å². The molecule has 28 heavy (non-hydrogen) atoms. The summed E-state index contributed by atoms with van der Waals surface area (Å²) in [6.07, 6.45) is -1.87. The Morgan fingerprint density at radius 2 is 1.82 bits per heavy atom. The SMILES string of the molecule is Nc1cc(OC(F)(F)F)ccc1C(=O)N1CCC(c2ccnc(N)c2N)CC1. The van der Waals surface area contributed by atoms with Crippen LogP contribution in [0.5, 0.6) is 5.75 Å². The molecule has 0 radical (unpaired) electrons. The second-order valence-corrected chi connectivity index (χ2v) is 6.56. The third-order valence-corrected chi connectivity index (χ3v) is 4.76. The molecule has 10 heteroatoms. The monoisotopic (exact) mass is 395 g/mol. The predicted octanol–water partition coefficient (Wildman–Crippen LogP) is 2.75. The first kappa shape index (κ1) is 19.6. The average Bonchev–Trinajstić information content (AvgIpc) is 2.62. The Balaban J connectivity index is 1.67. The maximum atomic E-state index is 12.7. The molecule has 6 N–H and O–H groups in total. The highest BCUT2D eigenvalue weighted by Gasteiger charge is 2.32. The van der Waals surface area contributed by atoms with Crippen LogP contribution in [0.4, 0.5) is 30.4 Å². The Morgan fingerprint density at radius 1 is 1.14 bits per heavy atom. The van der Waals surface area contributed by atoms with E-state index in [4.69, 9.17) is 17.2 Å². The average molecular weight is 395 g/mol. The molecule has 1 aliphatic rings. The number of alkyl halides is 3. The molecular weight excluding hydrogens is 375 g/mol. The van der Waals surface area contributed by atoms with Crippen molar-refractivity contribution in [2.75, 3.05) is 30.3 Å². The molecule has 2 aromatic rings. The number of hydrogen-bond acceptors (Lipinski definition) is 6. The molecule has 150 valence electrons. The van der Waals surface area contributed by atoms with Gasteiger partial charge in [-0.3, -0.25) is 4.79 Å². The number of nitrogen functional groups attached to an aromatic ring is 3. The number of likely N-dealkylation sites (tertiary alicyclic amines) is 1. The molecule has 0 aliphatic carbocycles. The number of rotatable bonds is 3. The van der Waals surface area contributed by atoms with E-state index in [1.165, 1.54) is 6.07 Å². The smallest absolute Gasteiger partial charge is 0.406 e. The number of ether oxygens (including phenoxy) is 1. The second-order valence-electron chi connectivity index (χ2n) is 6.56. The molecule has 2 heterocycles. The zero-order valence-electron chi connectivity index (χ0n) is 14.9. The number of piperidine rings is 1. The summed E-state index contributed by atoms with van der Waals surface area (Å²) in [4.78, 5) is 18.3. The first-order valence-corrected chi connectivity index (χ1v) is 8.60. The van der Waals surface area contributed by atoms with Gasteiger partial charge in [-0.1, -0.05) is 0 Å². The number of pyridine rings is 1. The topological polar surface area (TPSA) is 120 Å². The van der Waals surface area contributed by atoms with Crippen molar-refractivity contribution in [1.82, 2.24) is 9.88 Å². The van der Waals surface area contributed by atoms with Gasteiger partial charge in [0.25, 0.3) is 5.91 Å². The molecule has 7 nitrogen and oxygen atoms in total. The predicted molar refractivity (Wildman–Crippen MR) is 98.5 cm³/mol. The van der Waals surface area contributed by atoms with Gasteiger partial charge in [0.2, 0.25) is 0 Å². The third-order valence-electron chi connectivity index (χ3n) is 4.76. The van der Waals surface area contributed by atoms with Crippen LogP contribution in [0.15, 0.2) is 30.5 Å². The zero-order valence-corrected chi connectivity index (χ0v) is 14.9. The van der Waals surface area contributed by atoms with Crippen molar-refractivity contribution in [3.05, 3.63) is 41.6 Å². The molecule has 1 fully saturated rings. The van der Waals surface area contributed by atoms with Gasteiger partial charge in [0, 0.05) is 31.0 Å². The van der Waals surface area contributed by atoms with Crippen LogP contribution < -0.4 is 21.9 Å². The summed E-state index contributed by atoms with van der Waals surface area (Å²) in [5, 5.41) is 0. The van der Waals surface area contributed by atoms with Gasteiger partial charge >= 0.3 is 6.36 Å². The van der Waals surface area contributed by atoms with Crippen LogP contribution in [0.25, 0.3) is 0 Å². The van der Waals surface area contributed by atoms with Gasteiger partial charge in [-0.15, -0.1) is 13.2 Å². The molecule has 1 amide bonds. The fourth-order valence-corrected chi connectivity index (χ4v) is 3.36. The standard InChI is InChI=1S/C18H20F3N5O2/c19-18(20,21)28-11-1-2-13(14(22)9-11)17(27)26-7-4-10(5-8-26)12-3-6-25-16(24)15(12)23/h1-3,6,9-10H,4-5,7-8,22-23H2,(H2,24,25). The molecule has 0 bridgehead atoms. The number of halogens is 3. The van der Waals surface area contributed by atoms with E-state index in [0.717, 1.165) is 17.7 Å². The van der Waals surface area contributed by atoms with E-state index < -0.39 is 12.1 Å². The van der Waals surface area contributed by atoms with Gasteiger partial charge in [0.1, 0.15) is 11.6 Å². The fraction of sp³-hybridized carbons (Fsp3) is 0.333. The van der Waals surface area contributed by atoms with Gasteiger partial charge < -0.3 is 26.8 Å². The highest BCUT2D eigenvalue weighted by atomic mass is 19.4. The molecule has 0 atom stereocenters. The molecule has 0 spiro atoms. The Hall–Kier alpha value is -3.17. The maximum Gasteiger partial charge on any atom is 0.573 e. The van der Waals surface area contributed by atoms with Crippen LogP contribution >= 0.6 is 0 Å². The normalized spacial score (nSPS) is 15.5. The lowest BCUT2D eigenvalue weighted by molar-refractivity contribution is -0.274. The number of carbonyl (C=O) groups excluding carboxylic acids is 1. The van der Waals surface area contributed by atoms with Crippen LogP contribution in [0.1, 0.15) is 34.7 Å². The Bertz CT molecular complexity index is 880. The van der Waals surface area contributed by atoms with Crippen molar-refractivity contribution < 1.29 is 22.7 Å². The lowest BCUT2D eigenvalue weighted by Crippen LogP contribution is -2.38. The summed E-state index contributed by atoms with van der Waals surface area (Å²) >= 11 is 0. The molecule has 1 saturated heterocycles. The van der Waals surface area contributed by atoms with E-state index >= 15 is 0 Å². The minimum atomic E-state index is -4.82. The quantitative estimate of drug-likeness (QED) is 0.687. The first-order chi connectivity index (χ1) is 13.2. The van der Waals surface area contributed by atoms with Crippen molar-refractivity contribution in [3.63, 3.8) is 0 Å². The van der Waals surface area contributed by atoms with E-state index in [9.17, 15) is 18.0 Å². The second kappa shape index (κ2) is 7.45. The molecule has 1 aromatic carbocycles. The Morgan fingerprint density at radius 3 is 2.43 bits per heavy atom. The van der Waals surface area contributed by atoms with Crippen LogP contribution in [0.3, 0.4) is 0 Å². The summed E-state index contributed by atoms with van der Waals surface area (Å²) < 4.78 is 40.7. The first-order valence-electron chi connectivity index (χ1n) is 8.60. The van der Waals surface area contributed by atoms with E-state index in [-0.39, 0.29) is 28.9 Å². The van der Waals surface area contributed by atoms with Gasteiger partial charge in [-0.2, -0.15) is 0 Å². The summed E-state index contributed by atoms with van der Waals surface area (Å²) in [5.41, 5.74) is 19.0. The van der Waals surface area contributed by atoms with Gasteiger partial charge in [-0.25, -0.2) is 4.98 Å². The molecular formula is C18H20F3N5O2. The zero-order chi connectivity index (χ0) is 20.5. The number of carbonyl (C=O) groups is 1. The van der Waals surface area contributed by atoms with Crippen LogP contribution in [0, 0.1) is 0 Å². The van der Waals surface area contributed by atoms with Crippen LogP contribution in [0.2, 0.25) is 0 Å². The summed E-state index contributed by atoms with van der Waals surface area (Å²) in [7, 11) is 0. The third kappa shape index (κ3) is 4.21. The Labute approximate surface area is 159 Å². The maximum absolute atomic E-state index is 12.7. The van der Waals surface area contributed by atoms with E-state index in [0.29, 0.717) is 31.6 Å². The number of amides is 1. The highest BCUT2D eigenvalue weighted by Crippen LogP contribution is 2.34. The van der Waals surface area contributed by atoms with Crippen molar-refractivity contribution >= 4 is 23.1 Å². The number of benzene rings is 1. The summed E-state index contributed by atoms with van der Waals surface area (Å²) in [6, 6.07) is 5.13. The van der Waals surface area contributed by atoms with Crippen LogP contribution in [-0.4, -0.2) is 35.2 Å². The lowest BCUT2D eigenvalue weighted by Gasteiger charge is -2.33.